The lowest BCUT2D eigenvalue weighted by Gasteiger charge is -2.20. The van der Waals surface area contributed by atoms with Crippen LogP contribution in [0, 0.1) is 0 Å². The van der Waals surface area contributed by atoms with Crippen LogP contribution in [0.15, 0.2) is 15.6 Å². The number of aliphatic hydroxyl groups excluding tert-OH is 1. The number of rotatable bonds is 4. The number of carbonyl (C=O) groups excluding carboxylic acids is 1. The van der Waals surface area contributed by atoms with E-state index in [1.165, 1.54) is 0 Å². The highest BCUT2D eigenvalue weighted by atomic mass is 32.2. The Bertz CT molecular complexity index is 1170. The number of aliphatic hydroxyl groups is 1. The van der Waals surface area contributed by atoms with E-state index in [9.17, 15) is 14.1 Å². The van der Waals surface area contributed by atoms with Crippen molar-refractivity contribution in [1.82, 2.24) is 14.8 Å². The van der Waals surface area contributed by atoms with Gasteiger partial charge in [0.15, 0.2) is 14.9 Å². The second kappa shape index (κ2) is 7.68. The van der Waals surface area contributed by atoms with Crippen LogP contribution in [0.25, 0.3) is 0 Å². The average molecular weight is 447 g/mol. The molecule has 4 N–H and O–H groups in total. The molecule has 0 saturated carbocycles. The number of fused-ring (bicyclic) bond motifs is 2. The maximum Gasteiger partial charge on any atom is 0.354 e. The van der Waals surface area contributed by atoms with E-state index in [1.807, 2.05) is 13.8 Å². The normalized spacial score (nSPS) is 18.5. The Hall–Kier alpha value is -2.30. The summed E-state index contributed by atoms with van der Waals surface area (Å²) in [7, 11) is -3.63. The first-order valence-corrected chi connectivity index (χ1v) is 12.2. The summed E-state index contributed by atoms with van der Waals surface area (Å²) in [6.07, 6.45) is 6.08. The van der Waals surface area contributed by atoms with Crippen molar-refractivity contribution in [2.75, 3.05) is 5.32 Å². The highest BCUT2D eigenvalue weighted by Gasteiger charge is 2.36. The number of amides is 2. The second-order valence-corrected chi connectivity index (χ2v) is 11.0. The fraction of sp³-hybridized carbons (Fsp3) is 0.571. The lowest BCUT2D eigenvalue weighted by Crippen LogP contribution is -2.21. The first kappa shape index (κ1) is 21.9. The van der Waals surface area contributed by atoms with Crippen molar-refractivity contribution in [1.29, 1.82) is 0 Å². The topological polar surface area (TPSA) is 135 Å². The van der Waals surface area contributed by atoms with Crippen LogP contribution in [0.2, 0.25) is 0 Å². The van der Waals surface area contributed by atoms with E-state index in [0.717, 1.165) is 60.3 Å². The fourth-order valence-electron chi connectivity index (χ4n) is 4.46. The predicted molar refractivity (Wildman–Crippen MR) is 118 cm³/mol. The third-order valence-electron chi connectivity index (χ3n) is 6.16. The van der Waals surface area contributed by atoms with E-state index in [4.69, 9.17) is 10.1 Å². The molecule has 0 unspecified atom stereocenters. The molecular formula is C21H30N6O3S. The van der Waals surface area contributed by atoms with Crippen molar-refractivity contribution >= 4 is 21.6 Å². The number of hydrogen-bond acceptors (Lipinski definition) is 5. The summed E-state index contributed by atoms with van der Waals surface area (Å²) < 4.78 is 18.5. The Morgan fingerprint density at radius 3 is 2.77 bits per heavy atom. The molecule has 1 atom stereocenters. The summed E-state index contributed by atoms with van der Waals surface area (Å²) in [4.78, 5) is 17.8. The molecule has 2 amide bonds. The van der Waals surface area contributed by atoms with E-state index in [0.29, 0.717) is 5.56 Å². The van der Waals surface area contributed by atoms with E-state index < -0.39 is 22.6 Å². The molecule has 31 heavy (non-hydrogen) atoms. The monoisotopic (exact) mass is 446 g/mol. The van der Waals surface area contributed by atoms with Crippen LogP contribution >= 0.6 is 0 Å². The maximum absolute atomic E-state index is 13.1. The average Bonchev–Trinajstić information content (AvgIpc) is 3.39. The van der Waals surface area contributed by atoms with Gasteiger partial charge in [0.05, 0.1) is 18.0 Å². The van der Waals surface area contributed by atoms with Gasteiger partial charge in [-0.1, -0.05) is 13.8 Å². The van der Waals surface area contributed by atoms with Gasteiger partial charge in [0.25, 0.3) is 0 Å². The molecule has 2 aliphatic rings. The Labute approximate surface area is 182 Å². The van der Waals surface area contributed by atoms with Gasteiger partial charge in [0, 0.05) is 28.9 Å². The van der Waals surface area contributed by atoms with Crippen molar-refractivity contribution in [2.45, 2.75) is 82.9 Å². The van der Waals surface area contributed by atoms with Gasteiger partial charge in [-0.25, -0.2) is 14.1 Å². The van der Waals surface area contributed by atoms with Gasteiger partial charge >= 0.3 is 6.03 Å². The Balaban J connectivity index is 1.72. The van der Waals surface area contributed by atoms with Crippen LogP contribution in [0.1, 0.15) is 74.7 Å². The number of aryl methyl sites for hydroxylation is 1. The summed E-state index contributed by atoms with van der Waals surface area (Å²) in [6.45, 7) is 7.72. The molecule has 0 bridgehead atoms. The minimum absolute atomic E-state index is 0.0200. The number of urea groups is 1. The van der Waals surface area contributed by atoms with Crippen LogP contribution in [0.3, 0.4) is 0 Å². The summed E-state index contributed by atoms with van der Waals surface area (Å²) in [5.41, 5.74) is 5.13. The number of hydrogen-bond donors (Lipinski definition) is 3. The highest BCUT2D eigenvalue weighted by Crippen LogP contribution is 2.44. The van der Waals surface area contributed by atoms with Crippen molar-refractivity contribution < 1.29 is 14.1 Å². The molecule has 0 aliphatic heterocycles. The number of carbonyl (C=O) groups is 1. The van der Waals surface area contributed by atoms with Gasteiger partial charge < -0.3 is 10.4 Å². The lowest BCUT2D eigenvalue weighted by molar-refractivity contribution is 0.259. The molecule has 2 aromatic heterocycles. The van der Waals surface area contributed by atoms with E-state index in [1.54, 1.807) is 10.9 Å². The molecule has 9 nitrogen and oxygen atoms in total. The molecule has 2 aliphatic carbocycles. The number of pyridine rings is 1. The number of aromatic nitrogens is 3. The van der Waals surface area contributed by atoms with E-state index >= 15 is 0 Å². The minimum atomic E-state index is -3.63. The lowest BCUT2D eigenvalue weighted by atomic mass is 9.90. The molecular weight excluding hydrogens is 416 g/mol. The molecule has 0 aromatic carbocycles. The smallest absolute Gasteiger partial charge is 0.354 e. The van der Waals surface area contributed by atoms with Crippen LogP contribution in [-0.4, -0.2) is 30.1 Å². The van der Waals surface area contributed by atoms with E-state index in [-0.39, 0.29) is 16.5 Å². The zero-order chi connectivity index (χ0) is 22.6. The summed E-state index contributed by atoms with van der Waals surface area (Å²) in [5.74, 6) is 0. The molecule has 10 heteroatoms. The van der Waals surface area contributed by atoms with Crippen molar-refractivity contribution in [3.05, 3.63) is 34.3 Å². The first-order chi connectivity index (χ1) is 14.5. The second-order valence-electron chi connectivity index (χ2n) is 9.26. The van der Waals surface area contributed by atoms with E-state index in [2.05, 4.69) is 28.6 Å². The third kappa shape index (κ3) is 3.88. The van der Waals surface area contributed by atoms with Crippen LogP contribution in [0.5, 0.6) is 0 Å². The van der Waals surface area contributed by atoms with Crippen molar-refractivity contribution in [3.8, 4) is 0 Å². The SMILES string of the molecule is CC(C)n1cc(CO)c([S@](N)(=O)=NC(=O)Nc2c3c(nc4c2CCC4(C)C)CCC3)n1. The van der Waals surface area contributed by atoms with Crippen LogP contribution in [0.4, 0.5) is 10.5 Å². The van der Waals surface area contributed by atoms with Crippen LogP contribution in [-0.2, 0) is 41.2 Å². The number of nitrogens with zero attached hydrogens (tertiary/aromatic N) is 4. The number of nitrogens with two attached hydrogens (primary N) is 1. The fourth-order valence-corrected chi connectivity index (χ4v) is 5.54. The summed E-state index contributed by atoms with van der Waals surface area (Å²) in [6, 6.07) is -0.795. The molecule has 0 radical (unpaired) electrons. The Morgan fingerprint density at radius 2 is 2.10 bits per heavy atom. The number of anilines is 1. The quantitative estimate of drug-likeness (QED) is 0.663. The van der Waals surface area contributed by atoms with Gasteiger partial charge in [-0.2, -0.15) is 5.10 Å². The maximum atomic E-state index is 13.1. The van der Waals surface area contributed by atoms with Gasteiger partial charge in [-0.05, 0) is 57.1 Å². The third-order valence-corrected chi connectivity index (χ3v) is 7.50. The first-order valence-electron chi connectivity index (χ1n) is 10.6. The van der Waals surface area contributed by atoms with Crippen LogP contribution < -0.4 is 10.5 Å². The molecule has 4 rings (SSSR count). The molecule has 0 saturated heterocycles. The zero-order valence-corrected chi connectivity index (χ0v) is 19.3. The molecule has 2 heterocycles. The van der Waals surface area contributed by atoms with Crippen molar-refractivity contribution in [2.24, 2.45) is 9.50 Å². The van der Waals surface area contributed by atoms with Gasteiger partial charge in [-0.15, -0.1) is 4.36 Å². The molecule has 2 aromatic rings. The summed E-state index contributed by atoms with van der Waals surface area (Å²) in [5, 5.41) is 22.6. The number of nitrogens with one attached hydrogen (secondary N) is 1. The highest BCUT2D eigenvalue weighted by molar-refractivity contribution is 7.91. The summed E-state index contributed by atoms with van der Waals surface area (Å²) >= 11 is 0. The zero-order valence-electron chi connectivity index (χ0n) is 18.4. The van der Waals surface area contributed by atoms with Crippen molar-refractivity contribution in [3.63, 3.8) is 0 Å². The Morgan fingerprint density at radius 1 is 1.35 bits per heavy atom. The molecule has 168 valence electrons. The van der Waals surface area contributed by atoms with Gasteiger partial charge in [-0.3, -0.25) is 9.67 Å². The minimum Gasteiger partial charge on any atom is -0.392 e. The van der Waals surface area contributed by atoms with Gasteiger partial charge in [0.2, 0.25) is 0 Å². The largest absolute Gasteiger partial charge is 0.392 e. The predicted octanol–water partition coefficient (Wildman–Crippen LogP) is 3.00. The molecule has 0 spiro atoms. The molecule has 0 fully saturated rings. The van der Waals surface area contributed by atoms with Gasteiger partial charge in [0.1, 0.15) is 0 Å². The standard InChI is InChI=1S/C21H30N6O3S/c1-12(2)27-10-13(11-28)19(25-27)31(22,30)26-20(29)24-17-14-6-5-7-16(14)23-18-15(17)8-9-21(18,3)4/h10,12,28H,5-9,11H2,1-4H3,(H3,22,23,24,26,29,30)/t31-/m1/s1. The Kier molecular flexibility index (Phi) is 5.43.